The highest BCUT2D eigenvalue weighted by Gasteiger charge is 2.31. The summed E-state index contributed by atoms with van der Waals surface area (Å²) in [6.07, 6.45) is -3.81. The molecule has 1 heterocycles. The Morgan fingerprint density at radius 3 is 2.18 bits per heavy atom. The molecular weight excluding hydrogens is 483 g/mol. The van der Waals surface area contributed by atoms with Crippen LogP contribution in [0.5, 0.6) is 5.75 Å². The zero-order valence-corrected chi connectivity index (χ0v) is 18.4. The van der Waals surface area contributed by atoms with Gasteiger partial charge in [-0.15, -0.1) is 24.5 Å². The van der Waals surface area contributed by atoms with Crippen LogP contribution in [-0.4, -0.2) is 32.9 Å². The van der Waals surface area contributed by atoms with Gasteiger partial charge in [-0.3, -0.25) is 14.3 Å². The number of halogens is 3. The summed E-state index contributed by atoms with van der Waals surface area (Å²) in [5, 5.41) is 6.58. The molecule has 1 aromatic heterocycles. The van der Waals surface area contributed by atoms with Crippen LogP contribution in [0.4, 0.5) is 30.2 Å². The molecule has 8 nitrogen and oxygen atoms in total. The number of ether oxygens (including phenoxy) is 1. The fourth-order valence-electron chi connectivity index (χ4n) is 2.58. The van der Waals surface area contributed by atoms with Crippen molar-refractivity contribution in [2.45, 2.75) is 6.36 Å². The summed E-state index contributed by atoms with van der Waals surface area (Å²) in [6, 6.07) is 12.0. The van der Waals surface area contributed by atoms with Gasteiger partial charge < -0.3 is 15.4 Å². The van der Waals surface area contributed by atoms with Crippen LogP contribution in [0.1, 0.15) is 20.0 Å². The van der Waals surface area contributed by atoms with Gasteiger partial charge in [0.05, 0.1) is 22.4 Å². The lowest BCUT2D eigenvalue weighted by molar-refractivity contribution is -0.274. The quantitative estimate of drug-likeness (QED) is 0.442. The third-order valence-electron chi connectivity index (χ3n) is 3.85. The van der Waals surface area contributed by atoms with E-state index in [9.17, 15) is 31.2 Å². The predicted molar refractivity (Wildman–Crippen MR) is 118 cm³/mol. The number of sulfonamides is 1. The Morgan fingerprint density at radius 1 is 0.909 bits per heavy atom. The second-order valence-electron chi connectivity index (χ2n) is 6.64. The summed E-state index contributed by atoms with van der Waals surface area (Å²) < 4.78 is 65.4. The minimum Gasteiger partial charge on any atom is -0.406 e. The number of rotatable bonds is 7. The van der Waals surface area contributed by atoms with Crippen molar-refractivity contribution in [1.29, 1.82) is 0 Å². The molecule has 0 radical (unpaired) electrons. The summed E-state index contributed by atoms with van der Waals surface area (Å²) in [4.78, 5) is 25.1. The number of benzene rings is 2. The third-order valence-corrected chi connectivity index (χ3v) is 5.39. The fraction of sp³-hybridized carbons (Fsp3) is 0.100. The average molecular weight is 499 g/mol. The normalized spacial score (nSPS) is 11.5. The molecule has 174 valence electrons. The second-order valence-corrected chi connectivity index (χ2v) is 9.29. The van der Waals surface area contributed by atoms with Crippen molar-refractivity contribution in [3.05, 3.63) is 70.4 Å². The van der Waals surface area contributed by atoms with Crippen molar-refractivity contribution < 1.29 is 35.9 Å². The summed E-state index contributed by atoms with van der Waals surface area (Å²) in [7, 11) is -3.48. The minimum absolute atomic E-state index is 0.174. The van der Waals surface area contributed by atoms with Crippen molar-refractivity contribution in [3.8, 4) is 5.75 Å². The molecule has 3 N–H and O–H groups in total. The van der Waals surface area contributed by atoms with E-state index in [0.717, 1.165) is 29.7 Å². The number of hydrogen-bond acceptors (Lipinski definition) is 6. The molecule has 0 unspecified atom stereocenters. The Labute approximate surface area is 190 Å². The van der Waals surface area contributed by atoms with Gasteiger partial charge in [-0.05, 0) is 48.5 Å². The first-order chi connectivity index (χ1) is 15.4. The monoisotopic (exact) mass is 499 g/mol. The highest BCUT2D eigenvalue weighted by molar-refractivity contribution is 7.92. The number of nitrogens with one attached hydrogen (secondary N) is 3. The fourth-order valence-corrected chi connectivity index (χ4v) is 3.92. The number of thiophene rings is 1. The molecule has 3 rings (SSSR count). The van der Waals surface area contributed by atoms with Crippen LogP contribution in [-0.2, 0) is 10.0 Å². The first-order valence-electron chi connectivity index (χ1n) is 9.03. The standard InChI is InChI=1S/C20H16F3N3O5S2/c1-33(29,30)26-15-4-2-3-14(10-15)25-19(28)17-9-12(11-32-17)18(27)24-13-5-7-16(8-6-13)31-20(21,22)23/h2-11,26H,1H3,(H,24,27)(H,25,28). The van der Waals surface area contributed by atoms with Gasteiger partial charge in [-0.1, -0.05) is 6.07 Å². The largest absolute Gasteiger partial charge is 0.573 e. The molecule has 0 bridgehead atoms. The van der Waals surface area contributed by atoms with Crippen LogP contribution in [0.25, 0.3) is 0 Å². The maximum absolute atomic E-state index is 12.5. The van der Waals surface area contributed by atoms with E-state index in [2.05, 4.69) is 20.1 Å². The molecule has 0 saturated heterocycles. The van der Waals surface area contributed by atoms with E-state index >= 15 is 0 Å². The number of hydrogen-bond donors (Lipinski definition) is 3. The molecule has 0 saturated carbocycles. The van der Waals surface area contributed by atoms with E-state index < -0.39 is 33.9 Å². The number of alkyl halides is 3. The SMILES string of the molecule is CS(=O)(=O)Nc1cccc(NC(=O)c2cc(C(=O)Nc3ccc(OC(F)(F)F)cc3)cs2)c1. The van der Waals surface area contributed by atoms with E-state index in [1.165, 1.54) is 35.7 Å². The molecular formula is C20H16F3N3O5S2. The van der Waals surface area contributed by atoms with Gasteiger partial charge >= 0.3 is 6.36 Å². The lowest BCUT2D eigenvalue weighted by atomic mass is 10.2. The molecule has 13 heteroatoms. The summed E-state index contributed by atoms with van der Waals surface area (Å²) in [5.41, 5.74) is 1.03. The molecule has 3 aromatic rings. The molecule has 0 aliphatic heterocycles. The Bertz CT molecular complexity index is 1270. The highest BCUT2D eigenvalue weighted by Crippen LogP contribution is 2.25. The summed E-state index contributed by atoms with van der Waals surface area (Å²) in [5.74, 6) is -1.50. The summed E-state index contributed by atoms with van der Waals surface area (Å²) >= 11 is 1.01. The molecule has 0 aliphatic carbocycles. The van der Waals surface area contributed by atoms with Crippen LogP contribution < -0.4 is 20.1 Å². The molecule has 0 aliphatic rings. The first-order valence-corrected chi connectivity index (χ1v) is 11.8. The van der Waals surface area contributed by atoms with Gasteiger partial charge in [0.25, 0.3) is 11.8 Å². The van der Waals surface area contributed by atoms with Crippen LogP contribution in [0.3, 0.4) is 0 Å². The molecule has 0 atom stereocenters. The third kappa shape index (κ3) is 7.50. The molecule has 0 fully saturated rings. The van der Waals surface area contributed by atoms with Crippen LogP contribution in [0.15, 0.2) is 60.0 Å². The zero-order chi connectivity index (χ0) is 24.2. The maximum Gasteiger partial charge on any atom is 0.573 e. The number of anilines is 3. The molecule has 2 aromatic carbocycles. The maximum atomic E-state index is 12.5. The van der Waals surface area contributed by atoms with Gasteiger partial charge in [0.2, 0.25) is 10.0 Å². The lowest BCUT2D eigenvalue weighted by Gasteiger charge is -2.09. The Kier molecular flexibility index (Phi) is 6.93. The van der Waals surface area contributed by atoms with E-state index in [1.54, 1.807) is 12.1 Å². The first kappa shape index (κ1) is 24.1. The van der Waals surface area contributed by atoms with Crippen LogP contribution >= 0.6 is 11.3 Å². The van der Waals surface area contributed by atoms with Crippen molar-refractivity contribution in [1.82, 2.24) is 0 Å². The molecule has 33 heavy (non-hydrogen) atoms. The van der Waals surface area contributed by atoms with Gasteiger partial charge in [-0.25, -0.2) is 8.42 Å². The van der Waals surface area contributed by atoms with Crippen molar-refractivity contribution in [2.24, 2.45) is 0 Å². The predicted octanol–water partition coefficient (Wildman–Crippen LogP) is 4.52. The van der Waals surface area contributed by atoms with Gasteiger partial charge in [0.1, 0.15) is 5.75 Å². The lowest BCUT2D eigenvalue weighted by Crippen LogP contribution is -2.17. The van der Waals surface area contributed by atoms with Crippen LogP contribution in [0.2, 0.25) is 0 Å². The number of carbonyl (C=O) groups is 2. The Hall–Kier alpha value is -3.58. The number of carbonyl (C=O) groups excluding carboxylic acids is 2. The van der Waals surface area contributed by atoms with Gasteiger partial charge in [0, 0.05) is 16.8 Å². The molecule has 2 amide bonds. The van der Waals surface area contributed by atoms with E-state index in [4.69, 9.17) is 0 Å². The van der Waals surface area contributed by atoms with E-state index in [1.807, 2.05) is 0 Å². The van der Waals surface area contributed by atoms with Crippen molar-refractivity contribution in [3.63, 3.8) is 0 Å². The molecule has 0 spiro atoms. The zero-order valence-electron chi connectivity index (χ0n) is 16.8. The Balaban J connectivity index is 1.62. The van der Waals surface area contributed by atoms with Crippen LogP contribution in [0, 0.1) is 0 Å². The van der Waals surface area contributed by atoms with Gasteiger partial charge in [0.15, 0.2) is 0 Å². The van der Waals surface area contributed by atoms with Crippen molar-refractivity contribution >= 4 is 50.2 Å². The van der Waals surface area contributed by atoms with Gasteiger partial charge in [-0.2, -0.15) is 0 Å². The second kappa shape index (κ2) is 9.50. The number of amides is 2. The summed E-state index contributed by atoms with van der Waals surface area (Å²) in [6.45, 7) is 0. The smallest absolute Gasteiger partial charge is 0.406 e. The van der Waals surface area contributed by atoms with E-state index in [0.29, 0.717) is 5.69 Å². The average Bonchev–Trinajstić information content (AvgIpc) is 3.18. The Morgan fingerprint density at radius 2 is 1.55 bits per heavy atom. The van der Waals surface area contributed by atoms with E-state index in [-0.39, 0.29) is 21.8 Å². The van der Waals surface area contributed by atoms with Crippen molar-refractivity contribution in [2.75, 3.05) is 21.6 Å². The highest BCUT2D eigenvalue weighted by atomic mass is 32.2. The topological polar surface area (TPSA) is 114 Å². The minimum atomic E-state index is -4.82.